The van der Waals surface area contributed by atoms with Crippen LogP contribution in [0.5, 0.6) is 0 Å². The van der Waals surface area contributed by atoms with Crippen LogP contribution in [0.3, 0.4) is 0 Å². The Hall–Kier alpha value is -3.67. The van der Waals surface area contributed by atoms with Crippen LogP contribution < -0.4 is 0 Å². The van der Waals surface area contributed by atoms with Crippen LogP contribution >= 0.6 is 0 Å². The molecule has 0 bridgehead atoms. The maximum Gasteiger partial charge on any atom is 0.337 e. The summed E-state index contributed by atoms with van der Waals surface area (Å²) in [7, 11) is 0. The molecule has 1 aliphatic heterocycles. The molecule has 28 heavy (non-hydrogen) atoms. The first-order chi connectivity index (χ1) is 13.5. The molecular weight excluding hydrogens is 356 g/mol. The molecule has 2 heterocycles. The van der Waals surface area contributed by atoms with Crippen LogP contribution in [0.1, 0.15) is 37.7 Å². The summed E-state index contributed by atoms with van der Waals surface area (Å²) < 4.78 is 2.11. The summed E-state index contributed by atoms with van der Waals surface area (Å²) in [5.41, 5.74) is 4.44. The molecule has 0 unspecified atom stereocenters. The number of fused-ring (bicyclic) bond motifs is 1. The van der Waals surface area contributed by atoms with Gasteiger partial charge in [-0.2, -0.15) is 0 Å². The lowest BCUT2D eigenvalue weighted by Gasteiger charge is -2.13. The fourth-order valence-corrected chi connectivity index (χ4v) is 3.39. The Balaban J connectivity index is 1.45. The summed E-state index contributed by atoms with van der Waals surface area (Å²) in [6.07, 6.45) is -0.0443. The minimum absolute atomic E-state index is 0.0443. The maximum atomic E-state index is 12.3. The van der Waals surface area contributed by atoms with Crippen LogP contribution in [0.25, 0.3) is 5.69 Å². The molecule has 6 heteroatoms. The second kappa shape index (κ2) is 6.81. The number of hydroxylamine groups is 2. The van der Waals surface area contributed by atoms with E-state index in [1.807, 2.05) is 50.2 Å². The van der Waals surface area contributed by atoms with E-state index in [0.717, 1.165) is 22.6 Å². The first-order valence-corrected chi connectivity index (χ1v) is 8.88. The second-order valence-electron chi connectivity index (χ2n) is 6.71. The molecular formula is C22H18N2O4. The molecule has 3 aromatic rings. The van der Waals surface area contributed by atoms with Gasteiger partial charge in [-0.1, -0.05) is 29.3 Å². The summed E-state index contributed by atoms with van der Waals surface area (Å²) in [6.45, 7) is 4.06. The summed E-state index contributed by atoms with van der Waals surface area (Å²) in [4.78, 5) is 41.8. The maximum absolute atomic E-state index is 12.3. The third-order valence-corrected chi connectivity index (χ3v) is 4.76. The van der Waals surface area contributed by atoms with Gasteiger partial charge in [-0.3, -0.25) is 9.59 Å². The Morgan fingerprint density at radius 2 is 1.36 bits per heavy atom. The number of carbonyl (C=O) groups excluding carboxylic acids is 3. The molecule has 0 aliphatic carbocycles. The zero-order valence-corrected chi connectivity index (χ0v) is 15.5. The number of hydrogen-bond acceptors (Lipinski definition) is 4. The Labute approximate surface area is 161 Å². The molecule has 0 N–H and O–H groups in total. The summed E-state index contributed by atoms with van der Waals surface area (Å²) >= 11 is 0. The van der Waals surface area contributed by atoms with Crippen molar-refractivity contribution in [3.8, 4) is 5.69 Å². The largest absolute Gasteiger partial charge is 0.337 e. The highest BCUT2D eigenvalue weighted by Crippen LogP contribution is 2.23. The van der Waals surface area contributed by atoms with Crippen molar-refractivity contribution in [2.45, 2.75) is 20.3 Å². The highest BCUT2D eigenvalue weighted by Gasteiger charge is 2.38. The van der Waals surface area contributed by atoms with Gasteiger partial charge in [-0.25, -0.2) is 4.79 Å². The van der Waals surface area contributed by atoms with E-state index in [2.05, 4.69) is 4.57 Å². The van der Waals surface area contributed by atoms with Gasteiger partial charge in [0.2, 0.25) is 0 Å². The number of amides is 2. The van der Waals surface area contributed by atoms with Crippen LogP contribution in [0.4, 0.5) is 0 Å². The predicted molar refractivity (Wildman–Crippen MR) is 102 cm³/mol. The van der Waals surface area contributed by atoms with Gasteiger partial charge in [0.15, 0.2) is 0 Å². The number of nitrogens with zero attached hydrogens (tertiary/aromatic N) is 2. The Bertz CT molecular complexity index is 1040. The summed E-state index contributed by atoms with van der Waals surface area (Å²) in [6, 6.07) is 18.0. The van der Waals surface area contributed by atoms with E-state index in [9.17, 15) is 14.4 Å². The molecule has 140 valence electrons. The monoisotopic (exact) mass is 374 g/mol. The van der Waals surface area contributed by atoms with Gasteiger partial charge in [0, 0.05) is 17.1 Å². The van der Waals surface area contributed by atoms with Gasteiger partial charge >= 0.3 is 5.97 Å². The van der Waals surface area contributed by atoms with E-state index < -0.39 is 17.8 Å². The van der Waals surface area contributed by atoms with E-state index in [-0.39, 0.29) is 17.5 Å². The summed E-state index contributed by atoms with van der Waals surface area (Å²) in [5, 5.41) is 0.536. The van der Waals surface area contributed by atoms with Crippen LogP contribution in [0.2, 0.25) is 0 Å². The number of imide groups is 1. The molecule has 2 amide bonds. The molecule has 1 aromatic heterocycles. The Kier molecular flexibility index (Phi) is 4.31. The van der Waals surface area contributed by atoms with Crippen molar-refractivity contribution in [3.63, 3.8) is 0 Å². The quantitative estimate of drug-likeness (QED) is 0.657. The van der Waals surface area contributed by atoms with E-state index in [1.165, 1.54) is 12.1 Å². The molecule has 2 aromatic carbocycles. The first kappa shape index (κ1) is 17.7. The molecule has 0 spiro atoms. The normalized spacial score (nSPS) is 13.0. The van der Waals surface area contributed by atoms with Gasteiger partial charge in [0.25, 0.3) is 11.8 Å². The minimum Gasteiger partial charge on any atom is -0.329 e. The van der Waals surface area contributed by atoms with Gasteiger partial charge in [0.1, 0.15) is 0 Å². The zero-order chi connectivity index (χ0) is 19.8. The summed E-state index contributed by atoms with van der Waals surface area (Å²) in [5.74, 6) is -1.92. The molecule has 6 nitrogen and oxygen atoms in total. The second-order valence-corrected chi connectivity index (χ2v) is 6.71. The van der Waals surface area contributed by atoms with Crippen molar-refractivity contribution in [2.24, 2.45) is 0 Å². The van der Waals surface area contributed by atoms with Gasteiger partial charge in [0.05, 0.1) is 17.5 Å². The lowest BCUT2D eigenvalue weighted by Crippen LogP contribution is -2.33. The number of rotatable bonds is 4. The van der Waals surface area contributed by atoms with Gasteiger partial charge in [-0.15, -0.1) is 0 Å². The SMILES string of the molecule is Cc1ccc(C)n1-c1ccc(CC(=O)ON2C(=O)c3ccccc3C2=O)cc1. The van der Waals surface area contributed by atoms with E-state index >= 15 is 0 Å². The van der Waals surface area contributed by atoms with Crippen LogP contribution in [0, 0.1) is 13.8 Å². The third-order valence-electron chi connectivity index (χ3n) is 4.76. The van der Waals surface area contributed by atoms with Crippen LogP contribution in [-0.2, 0) is 16.1 Å². The molecule has 0 radical (unpaired) electrons. The standard InChI is InChI=1S/C22H18N2O4/c1-14-7-8-15(2)23(14)17-11-9-16(10-12-17)13-20(25)28-24-21(26)18-5-3-4-6-19(18)22(24)27/h3-12H,13H2,1-2H3. The van der Waals surface area contributed by atoms with E-state index in [1.54, 1.807) is 12.1 Å². The lowest BCUT2D eigenvalue weighted by atomic mass is 10.1. The molecule has 0 atom stereocenters. The number of benzene rings is 2. The number of hydrogen-bond donors (Lipinski definition) is 0. The van der Waals surface area contributed by atoms with Gasteiger partial charge in [-0.05, 0) is 55.8 Å². The number of carbonyl (C=O) groups is 3. The Morgan fingerprint density at radius 3 is 1.89 bits per heavy atom. The fraction of sp³-hybridized carbons (Fsp3) is 0.136. The number of aromatic nitrogens is 1. The average molecular weight is 374 g/mol. The molecule has 0 saturated carbocycles. The van der Waals surface area contributed by atoms with E-state index in [0.29, 0.717) is 5.06 Å². The third kappa shape index (κ3) is 2.99. The van der Waals surface area contributed by atoms with Gasteiger partial charge < -0.3 is 9.40 Å². The Morgan fingerprint density at radius 1 is 0.821 bits per heavy atom. The fourth-order valence-electron chi connectivity index (χ4n) is 3.39. The molecule has 4 rings (SSSR count). The van der Waals surface area contributed by atoms with E-state index in [4.69, 9.17) is 4.84 Å². The topological polar surface area (TPSA) is 68.6 Å². The van der Waals surface area contributed by atoms with Crippen molar-refractivity contribution >= 4 is 17.8 Å². The lowest BCUT2D eigenvalue weighted by molar-refractivity contribution is -0.167. The minimum atomic E-state index is -0.671. The predicted octanol–water partition coefficient (Wildman–Crippen LogP) is 3.39. The smallest absolute Gasteiger partial charge is 0.329 e. The van der Waals surface area contributed by atoms with Crippen molar-refractivity contribution in [1.82, 2.24) is 9.63 Å². The highest BCUT2D eigenvalue weighted by molar-refractivity contribution is 6.20. The van der Waals surface area contributed by atoms with Crippen molar-refractivity contribution < 1.29 is 19.2 Å². The number of aryl methyl sites for hydroxylation is 2. The zero-order valence-electron chi connectivity index (χ0n) is 15.5. The van der Waals surface area contributed by atoms with Crippen molar-refractivity contribution in [3.05, 3.63) is 88.7 Å². The highest BCUT2D eigenvalue weighted by atomic mass is 16.7. The van der Waals surface area contributed by atoms with Crippen molar-refractivity contribution in [1.29, 1.82) is 0 Å². The van der Waals surface area contributed by atoms with Crippen LogP contribution in [0.15, 0.2) is 60.7 Å². The first-order valence-electron chi connectivity index (χ1n) is 8.88. The molecule has 0 fully saturated rings. The average Bonchev–Trinajstić information content (AvgIpc) is 3.14. The molecule has 1 aliphatic rings. The van der Waals surface area contributed by atoms with Crippen LogP contribution in [-0.4, -0.2) is 27.4 Å². The molecule has 0 saturated heterocycles. The van der Waals surface area contributed by atoms with Crippen molar-refractivity contribution in [2.75, 3.05) is 0 Å².